The zero-order chi connectivity index (χ0) is 21.1. The van der Waals surface area contributed by atoms with Gasteiger partial charge in [0.15, 0.2) is 0 Å². The van der Waals surface area contributed by atoms with Gasteiger partial charge in [0.2, 0.25) is 11.8 Å². The predicted octanol–water partition coefficient (Wildman–Crippen LogP) is 2.59. The molecule has 9 heteroatoms. The summed E-state index contributed by atoms with van der Waals surface area (Å²) in [6.45, 7) is 2.72. The third kappa shape index (κ3) is 4.39. The van der Waals surface area contributed by atoms with Gasteiger partial charge in [-0.05, 0) is 42.5 Å². The van der Waals surface area contributed by atoms with Crippen LogP contribution in [-0.4, -0.2) is 44.0 Å². The molecule has 8 nitrogen and oxygen atoms in total. The highest BCUT2D eigenvalue weighted by atomic mass is 35.5. The molecule has 2 aliphatic heterocycles. The van der Waals surface area contributed by atoms with Crippen LogP contribution in [-0.2, 0) is 14.3 Å². The minimum Gasteiger partial charge on any atom is -0.378 e. The Kier molecular flexibility index (Phi) is 5.87. The SMILES string of the molecule is O=C1CCC(=O)N(c2ccc(C(=O)Nc3cc(Cl)ccc3N3CCOCC3)cc2)N1. The average Bonchev–Trinajstić information content (AvgIpc) is 2.76. The second-order valence-corrected chi connectivity index (χ2v) is 7.46. The lowest BCUT2D eigenvalue weighted by Crippen LogP contribution is -2.50. The predicted molar refractivity (Wildman–Crippen MR) is 114 cm³/mol. The molecule has 0 radical (unpaired) electrons. The molecule has 0 aromatic heterocycles. The summed E-state index contributed by atoms with van der Waals surface area (Å²) < 4.78 is 5.40. The molecule has 3 amide bonds. The Hall–Kier alpha value is -3.10. The Morgan fingerprint density at radius 1 is 1.03 bits per heavy atom. The number of carbonyl (C=O) groups excluding carboxylic acids is 3. The van der Waals surface area contributed by atoms with Crippen molar-refractivity contribution in [2.45, 2.75) is 12.8 Å². The number of halogens is 1. The number of nitrogens with zero attached hydrogens (tertiary/aromatic N) is 2. The smallest absolute Gasteiger partial charge is 0.255 e. The summed E-state index contributed by atoms with van der Waals surface area (Å²) in [5, 5.41) is 4.66. The van der Waals surface area contributed by atoms with Gasteiger partial charge in [-0.2, -0.15) is 0 Å². The van der Waals surface area contributed by atoms with E-state index in [1.165, 1.54) is 5.01 Å². The molecule has 2 aromatic rings. The van der Waals surface area contributed by atoms with Gasteiger partial charge in [0, 0.05) is 36.5 Å². The second-order valence-electron chi connectivity index (χ2n) is 7.03. The topological polar surface area (TPSA) is 91.0 Å². The number of hydrogen-bond donors (Lipinski definition) is 2. The van der Waals surface area contributed by atoms with Gasteiger partial charge in [-0.3, -0.25) is 19.8 Å². The largest absolute Gasteiger partial charge is 0.378 e. The van der Waals surface area contributed by atoms with Gasteiger partial charge in [0.25, 0.3) is 5.91 Å². The fourth-order valence-electron chi connectivity index (χ4n) is 3.43. The number of hydrazine groups is 1. The number of anilines is 3. The molecule has 156 valence electrons. The van der Waals surface area contributed by atoms with E-state index in [1.54, 1.807) is 36.4 Å². The first kappa shape index (κ1) is 20.2. The van der Waals surface area contributed by atoms with Crippen LogP contribution in [0.5, 0.6) is 0 Å². The van der Waals surface area contributed by atoms with Crippen LogP contribution in [0, 0.1) is 0 Å². The Bertz CT molecular complexity index is 973. The molecule has 4 rings (SSSR count). The molecule has 0 saturated carbocycles. The van der Waals surface area contributed by atoms with E-state index in [2.05, 4.69) is 15.6 Å². The van der Waals surface area contributed by atoms with Crippen molar-refractivity contribution in [3.63, 3.8) is 0 Å². The molecule has 2 aromatic carbocycles. The first-order chi connectivity index (χ1) is 14.5. The number of nitrogens with one attached hydrogen (secondary N) is 2. The van der Waals surface area contributed by atoms with Crippen LogP contribution in [0.2, 0.25) is 5.02 Å². The fourth-order valence-corrected chi connectivity index (χ4v) is 3.60. The first-order valence-corrected chi connectivity index (χ1v) is 10.1. The standard InChI is InChI=1S/C21H21ClN4O4/c22-15-3-6-18(25-9-11-30-12-10-25)17(13-15)23-21(29)14-1-4-16(5-2-14)26-20(28)8-7-19(27)24-26/h1-6,13H,7-12H2,(H,23,29)(H,24,27). The summed E-state index contributed by atoms with van der Waals surface area (Å²) in [5.74, 6) is -0.707. The van der Waals surface area contributed by atoms with Crippen LogP contribution in [0.25, 0.3) is 0 Å². The molecule has 2 N–H and O–H groups in total. The molecule has 0 aliphatic carbocycles. The molecule has 2 saturated heterocycles. The molecular formula is C21H21ClN4O4. The minimum absolute atomic E-state index is 0.160. The first-order valence-electron chi connectivity index (χ1n) is 9.67. The van der Waals surface area contributed by atoms with Gasteiger partial charge in [0.05, 0.1) is 30.3 Å². The number of carbonyl (C=O) groups is 3. The molecule has 0 bridgehead atoms. The van der Waals surface area contributed by atoms with E-state index >= 15 is 0 Å². The molecule has 0 spiro atoms. The van der Waals surface area contributed by atoms with Gasteiger partial charge >= 0.3 is 0 Å². The highest BCUT2D eigenvalue weighted by Gasteiger charge is 2.24. The zero-order valence-electron chi connectivity index (χ0n) is 16.2. The molecular weight excluding hydrogens is 408 g/mol. The summed E-state index contributed by atoms with van der Waals surface area (Å²) in [6, 6.07) is 11.9. The van der Waals surface area contributed by atoms with E-state index in [0.29, 0.717) is 35.2 Å². The number of morpholine rings is 1. The van der Waals surface area contributed by atoms with Crippen molar-refractivity contribution in [2.24, 2.45) is 0 Å². The van der Waals surface area contributed by atoms with Gasteiger partial charge in [-0.15, -0.1) is 0 Å². The number of ether oxygens (including phenoxy) is 1. The number of hydrogen-bond acceptors (Lipinski definition) is 5. The lowest BCUT2D eigenvalue weighted by molar-refractivity contribution is -0.130. The Morgan fingerprint density at radius 3 is 2.50 bits per heavy atom. The van der Waals surface area contributed by atoms with E-state index < -0.39 is 0 Å². The molecule has 2 fully saturated rings. The lowest BCUT2D eigenvalue weighted by Gasteiger charge is -2.30. The van der Waals surface area contributed by atoms with Gasteiger partial charge in [0.1, 0.15) is 0 Å². The highest BCUT2D eigenvalue weighted by molar-refractivity contribution is 6.31. The lowest BCUT2D eigenvalue weighted by atomic mass is 10.1. The van der Waals surface area contributed by atoms with Crippen molar-refractivity contribution in [1.29, 1.82) is 0 Å². The summed E-state index contributed by atoms with van der Waals surface area (Å²) in [4.78, 5) is 38.6. The number of benzene rings is 2. The van der Waals surface area contributed by atoms with E-state index in [0.717, 1.165) is 18.8 Å². The van der Waals surface area contributed by atoms with Crippen molar-refractivity contribution in [3.8, 4) is 0 Å². The van der Waals surface area contributed by atoms with E-state index in [1.807, 2.05) is 6.07 Å². The van der Waals surface area contributed by atoms with Crippen molar-refractivity contribution in [2.75, 3.05) is 41.5 Å². The van der Waals surface area contributed by atoms with E-state index in [4.69, 9.17) is 16.3 Å². The summed E-state index contributed by atoms with van der Waals surface area (Å²) in [7, 11) is 0. The van der Waals surface area contributed by atoms with Crippen LogP contribution in [0.1, 0.15) is 23.2 Å². The van der Waals surface area contributed by atoms with E-state index in [-0.39, 0.29) is 30.6 Å². The van der Waals surface area contributed by atoms with Crippen molar-refractivity contribution in [1.82, 2.24) is 5.43 Å². The fraction of sp³-hybridized carbons (Fsp3) is 0.286. The van der Waals surface area contributed by atoms with Crippen molar-refractivity contribution in [3.05, 3.63) is 53.1 Å². The molecule has 0 atom stereocenters. The van der Waals surface area contributed by atoms with Crippen molar-refractivity contribution >= 4 is 46.4 Å². The van der Waals surface area contributed by atoms with Crippen molar-refractivity contribution < 1.29 is 19.1 Å². The van der Waals surface area contributed by atoms with Crippen LogP contribution in [0.4, 0.5) is 17.1 Å². The maximum atomic E-state index is 12.8. The van der Waals surface area contributed by atoms with Gasteiger partial charge in [-0.25, -0.2) is 5.01 Å². The summed E-state index contributed by atoms with van der Waals surface area (Å²) >= 11 is 6.15. The normalized spacial score (nSPS) is 17.0. The van der Waals surface area contributed by atoms with Crippen LogP contribution < -0.4 is 20.7 Å². The summed E-state index contributed by atoms with van der Waals surface area (Å²) in [5.41, 5.74) is 4.96. The summed E-state index contributed by atoms with van der Waals surface area (Å²) in [6.07, 6.45) is 0.341. The maximum Gasteiger partial charge on any atom is 0.255 e. The molecule has 0 unspecified atom stereocenters. The van der Waals surface area contributed by atoms with E-state index in [9.17, 15) is 14.4 Å². The van der Waals surface area contributed by atoms with Crippen LogP contribution >= 0.6 is 11.6 Å². The third-order valence-electron chi connectivity index (χ3n) is 5.00. The van der Waals surface area contributed by atoms with Gasteiger partial charge in [-0.1, -0.05) is 11.6 Å². The Labute approximate surface area is 178 Å². The Balaban J connectivity index is 1.51. The molecule has 30 heavy (non-hydrogen) atoms. The average molecular weight is 429 g/mol. The quantitative estimate of drug-likeness (QED) is 0.781. The third-order valence-corrected chi connectivity index (χ3v) is 5.23. The number of amides is 3. The van der Waals surface area contributed by atoms with Crippen LogP contribution in [0.15, 0.2) is 42.5 Å². The zero-order valence-corrected chi connectivity index (χ0v) is 16.9. The maximum absolute atomic E-state index is 12.8. The highest BCUT2D eigenvalue weighted by Crippen LogP contribution is 2.30. The monoisotopic (exact) mass is 428 g/mol. The number of rotatable bonds is 4. The minimum atomic E-state index is -0.299. The second kappa shape index (κ2) is 8.73. The van der Waals surface area contributed by atoms with Crippen LogP contribution in [0.3, 0.4) is 0 Å². The molecule has 2 heterocycles. The van der Waals surface area contributed by atoms with Gasteiger partial charge < -0.3 is 15.0 Å². The molecule has 2 aliphatic rings. The Morgan fingerprint density at radius 2 is 1.77 bits per heavy atom.